The molecule has 0 unspecified atom stereocenters. The number of aromatic nitrogens is 2. The highest BCUT2D eigenvalue weighted by Gasteiger charge is 2.28. The molecule has 0 fully saturated rings. The maximum absolute atomic E-state index is 13.1. The van der Waals surface area contributed by atoms with Crippen LogP contribution in [0.4, 0.5) is 5.69 Å². The van der Waals surface area contributed by atoms with Gasteiger partial charge < -0.3 is 9.47 Å². The Morgan fingerprint density at radius 3 is 2.66 bits per heavy atom. The first-order valence-corrected chi connectivity index (χ1v) is 12.0. The number of anilines is 1. The molecule has 174 valence electrons. The van der Waals surface area contributed by atoms with Crippen molar-refractivity contribution in [3.8, 4) is 6.07 Å². The number of fused-ring (bicyclic) bond motifs is 2. The predicted octanol–water partition coefficient (Wildman–Crippen LogP) is 6.13. The van der Waals surface area contributed by atoms with Crippen LogP contribution < -0.4 is 4.90 Å². The highest BCUT2D eigenvalue weighted by Crippen LogP contribution is 2.39. The molecule has 0 radical (unpaired) electrons. The van der Waals surface area contributed by atoms with Crippen molar-refractivity contribution < 1.29 is 4.79 Å². The van der Waals surface area contributed by atoms with E-state index >= 15 is 0 Å². The number of benzene rings is 2. The van der Waals surface area contributed by atoms with Crippen molar-refractivity contribution in [3.05, 3.63) is 100 Å². The molecule has 1 aliphatic rings. The first-order valence-electron chi connectivity index (χ1n) is 12.0. The number of nitriles is 1. The molecule has 0 saturated carbocycles. The summed E-state index contributed by atoms with van der Waals surface area (Å²) in [6.45, 7) is 4.01. The molecule has 35 heavy (non-hydrogen) atoms. The number of nitrogens with zero attached hydrogens (tertiary/aromatic N) is 4. The minimum absolute atomic E-state index is 0.0554. The zero-order chi connectivity index (χ0) is 24.5. The van der Waals surface area contributed by atoms with E-state index in [2.05, 4.69) is 34.9 Å². The van der Waals surface area contributed by atoms with Gasteiger partial charge in [0.1, 0.15) is 11.7 Å². The second kappa shape index (κ2) is 9.23. The standard InChI is InChI=1S/C30H28N4O/c1-20-18-21(2)32-30-29(20)25(19-31)27(16-17-28(35)33(3)23-12-5-4-6-13-23)34(30)26-15-9-11-22-10-7-8-14-24(22)26/h4-8,10,12-14,16-18,26H,9,11,15H2,1-3H3/b17-16+/t26-/m0/s1. The van der Waals surface area contributed by atoms with Crippen LogP contribution in [0.2, 0.25) is 0 Å². The Hall–Kier alpha value is -4.17. The van der Waals surface area contributed by atoms with Crippen molar-refractivity contribution in [2.45, 2.75) is 39.2 Å². The SMILES string of the molecule is Cc1cc(C)c2c(C#N)c(/C=C/C(=O)N(C)c3ccccc3)n([C@H]3CCCc4ccccc43)c2n1. The molecule has 0 spiro atoms. The number of rotatable bonds is 4. The maximum Gasteiger partial charge on any atom is 0.250 e. The molecule has 1 aliphatic carbocycles. The average Bonchev–Trinajstić information content (AvgIpc) is 3.20. The van der Waals surface area contributed by atoms with E-state index in [1.165, 1.54) is 11.1 Å². The number of amides is 1. The second-order valence-electron chi connectivity index (χ2n) is 9.19. The van der Waals surface area contributed by atoms with Crippen molar-refractivity contribution in [2.75, 3.05) is 11.9 Å². The molecule has 5 nitrogen and oxygen atoms in total. The van der Waals surface area contributed by atoms with Gasteiger partial charge in [-0.15, -0.1) is 0 Å². The Balaban J connectivity index is 1.69. The third-order valence-corrected chi connectivity index (χ3v) is 6.94. The summed E-state index contributed by atoms with van der Waals surface area (Å²) in [5.74, 6) is -0.151. The van der Waals surface area contributed by atoms with Crippen molar-refractivity contribution in [1.82, 2.24) is 9.55 Å². The van der Waals surface area contributed by atoms with E-state index in [9.17, 15) is 10.1 Å². The van der Waals surface area contributed by atoms with E-state index < -0.39 is 0 Å². The van der Waals surface area contributed by atoms with Crippen LogP contribution >= 0.6 is 0 Å². The molecule has 0 N–H and O–H groups in total. The third kappa shape index (κ3) is 4.02. The summed E-state index contributed by atoms with van der Waals surface area (Å²) in [5, 5.41) is 11.1. The zero-order valence-corrected chi connectivity index (χ0v) is 20.3. The van der Waals surface area contributed by atoms with Gasteiger partial charge in [0.15, 0.2) is 0 Å². The van der Waals surface area contributed by atoms with Gasteiger partial charge in [0.2, 0.25) is 0 Å². The van der Waals surface area contributed by atoms with Gasteiger partial charge in [0.25, 0.3) is 5.91 Å². The molecule has 2 aromatic carbocycles. The van der Waals surface area contributed by atoms with Crippen LogP contribution in [0.1, 0.15) is 52.5 Å². The monoisotopic (exact) mass is 460 g/mol. The van der Waals surface area contributed by atoms with E-state index in [0.717, 1.165) is 52.9 Å². The Bertz CT molecular complexity index is 1490. The summed E-state index contributed by atoms with van der Waals surface area (Å²) < 4.78 is 2.19. The number of pyridine rings is 1. The van der Waals surface area contributed by atoms with Crippen LogP contribution in [-0.4, -0.2) is 22.5 Å². The molecule has 0 aliphatic heterocycles. The van der Waals surface area contributed by atoms with Crippen molar-refractivity contribution in [3.63, 3.8) is 0 Å². The fourth-order valence-corrected chi connectivity index (χ4v) is 5.29. The lowest BCUT2D eigenvalue weighted by Crippen LogP contribution is -2.24. The maximum atomic E-state index is 13.1. The van der Waals surface area contributed by atoms with Gasteiger partial charge in [-0.05, 0) is 74.1 Å². The van der Waals surface area contributed by atoms with Crippen LogP contribution in [0, 0.1) is 25.2 Å². The van der Waals surface area contributed by atoms with E-state index in [1.807, 2.05) is 50.2 Å². The smallest absolute Gasteiger partial charge is 0.250 e. The highest BCUT2D eigenvalue weighted by atomic mass is 16.2. The lowest BCUT2D eigenvalue weighted by Gasteiger charge is -2.28. The quantitative estimate of drug-likeness (QED) is 0.344. The first-order chi connectivity index (χ1) is 17.0. The topological polar surface area (TPSA) is 61.9 Å². The van der Waals surface area contributed by atoms with E-state index in [1.54, 1.807) is 24.1 Å². The summed E-state index contributed by atoms with van der Waals surface area (Å²) >= 11 is 0. The molecular weight excluding hydrogens is 432 g/mol. The third-order valence-electron chi connectivity index (χ3n) is 6.94. The van der Waals surface area contributed by atoms with Crippen LogP contribution in [0.25, 0.3) is 17.1 Å². The van der Waals surface area contributed by atoms with E-state index in [4.69, 9.17) is 4.98 Å². The fraction of sp³-hybridized carbons (Fsp3) is 0.233. The summed E-state index contributed by atoms with van der Waals surface area (Å²) in [6.07, 6.45) is 6.43. The predicted molar refractivity (Wildman–Crippen MR) is 140 cm³/mol. The zero-order valence-electron chi connectivity index (χ0n) is 20.3. The molecule has 1 atom stereocenters. The molecule has 2 heterocycles. The molecule has 0 saturated heterocycles. The fourth-order valence-electron chi connectivity index (χ4n) is 5.29. The van der Waals surface area contributed by atoms with Crippen LogP contribution in [0.5, 0.6) is 0 Å². The number of likely N-dealkylation sites (N-methyl/N-ethyl adjacent to an activating group) is 1. The van der Waals surface area contributed by atoms with Crippen molar-refractivity contribution in [2.24, 2.45) is 0 Å². The van der Waals surface area contributed by atoms with Gasteiger partial charge in [-0.3, -0.25) is 4.79 Å². The number of hydrogen-bond donors (Lipinski definition) is 0. The lowest BCUT2D eigenvalue weighted by molar-refractivity contribution is -0.113. The molecule has 2 aromatic heterocycles. The summed E-state index contributed by atoms with van der Waals surface area (Å²) in [7, 11) is 1.76. The van der Waals surface area contributed by atoms with Gasteiger partial charge >= 0.3 is 0 Å². The first kappa shape index (κ1) is 22.6. The minimum atomic E-state index is -0.151. The van der Waals surface area contributed by atoms with Gasteiger partial charge in [-0.25, -0.2) is 4.98 Å². The lowest BCUT2D eigenvalue weighted by atomic mass is 9.87. The summed E-state index contributed by atoms with van der Waals surface area (Å²) in [6, 6.07) is 22.6. The molecule has 4 aromatic rings. The molecule has 5 heteroatoms. The van der Waals surface area contributed by atoms with Crippen LogP contribution in [0.3, 0.4) is 0 Å². The average molecular weight is 461 g/mol. The summed E-state index contributed by atoms with van der Waals surface area (Å²) in [4.78, 5) is 19.6. The Morgan fingerprint density at radius 2 is 1.89 bits per heavy atom. The molecule has 1 amide bonds. The normalized spacial score (nSPS) is 15.2. The number of para-hydroxylation sites is 1. The largest absolute Gasteiger partial charge is 0.317 e. The molecular formula is C30H28N4O. The van der Waals surface area contributed by atoms with Crippen molar-refractivity contribution in [1.29, 1.82) is 5.26 Å². The van der Waals surface area contributed by atoms with Crippen LogP contribution in [-0.2, 0) is 11.2 Å². The second-order valence-corrected chi connectivity index (χ2v) is 9.19. The van der Waals surface area contributed by atoms with Gasteiger partial charge in [0, 0.05) is 29.9 Å². The number of carbonyl (C=O) groups is 1. The summed E-state index contributed by atoms with van der Waals surface area (Å²) in [5.41, 5.74) is 7.47. The van der Waals surface area contributed by atoms with E-state index in [-0.39, 0.29) is 11.9 Å². The van der Waals surface area contributed by atoms with Crippen molar-refractivity contribution >= 4 is 28.7 Å². The van der Waals surface area contributed by atoms with Gasteiger partial charge in [-0.2, -0.15) is 5.26 Å². The van der Waals surface area contributed by atoms with E-state index in [0.29, 0.717) is 5.56 Å². The Kier molecular flexibility index (Phi) is 5.96. The minimum Gasteiger partial charge on any atom is -0.317 e. The highest BCUT2D eigenvalue weighted by molar-refractivity contribution is 6.04. The molecule has 5 rings (SSSR count). The van der Waals surface area contributed by atoms with Crippen LogP contribution in [0.15, 0.2) is 66.7 Å². The number of carbonyl (C=O) groups excluding carboxylic acids is 1. The Labute approximate surface area is 205 Å². The Morgan fingerprint density at radius 1 is 1.14 bits per heavy atom. The van der Waals surface area contributed by atoms with Gasteiger partial charge in [0.05, 0.1) is 17.3 Å². The number of aryl methyl sites for hydroxylation is 3. The molecule has 0 bridgehead atoms. The van der Waals surface area contributed by atoms with Gasteiger partial charge in [-0.1, -0.05) is 42.5 Å². The number of hydrogen-bond acceptors (Lipinski definition) is 3.